The van der Waals surface area contributed by atoms with Gasteiger partial charge in [-0.05, 0) is 19.9 Å². The fourth-order valence-electron chi connectivity index (χ4n) is 1.97. The minimum absolute atomic E-state index is 0.138. The molecule has 1 heterocycles. The minimum Gasteiger partial charge on any atom is -0.489 e. The number of ether oxygens (including phenoxy) is 2. The SMILES string of the molecule is CC1(C)Cc2cccc(OCCC(=N)N)c2O1. The van der Waals surface area contributed by atoms with Gasteiger partial charge < -0.3 is 15.2 Å². The van der Waals surface area contributed by atoms with Crippen LogP contribution in [-0.4, -0.2) is 18.0 Å². The molecule has 1 aliphatic rings. The summed E-state index contributed by atoms with van der Waals surface area (Å²) in [6, 6.07) is 5.91. The van der Waals surface area contributed by atoms with Crippen LogP contribution in [0.15, 0.2) is 18.2 Å². The number of fused-ring (bicyclic) bond motifs is 1. The van der Waals surface area contributed by atoms with Crippen LogP contribution in [0.4, 0.5) is 0 Å². The van der Waals surface area contributed by atoms with Crippen LogP contribution in [-0.2, 0) is 6.42 Å². The van der Waals surface area contributed by atoms with Gasteiger partial charge in [0.25, 0.3) is 0 Å². The molecule has 0 saturated carbocycles. The minimum atomic E-state index is -0.164. The van der Waals surface area contributed by atoms with E-state index >= 15 is 0 Å². The topological polar surface area (TPSA) is 68.3 Å². The van der Waals surface area contributed by atoms with Crippen molar-refractivity contribution < 1.29 is 9.47 Å². The summed E-state index contributed by atoms with van der Waals surface area (Å²) in [5, 5.41) is 7.14. The van der Waals surface area contributed by atoms with Crippen molar-refractivity contribution in [1.29, 1.82) is 5.41 Å². The van der Waals surface area contributed by atoms with E-state index in [-0.39, 0.29) is 11.4 Å². The van der Waals surface area contributed by atoms with Crippen LogP contribution in [0.2, 0.25) is 0 Å². The molecule has 4 heteroatoms. The summed E-state index contributed by atoms with van der Waals surface area (Å²) < 4.78 is 11.5. The lowest BCUT2D eigenvalue weighted by atomic mass is 10.0. The summed E-state index contributed by atoms with van der Waals surface area (Å²) in [5.41, 5.74) is 6.30. The second-order valence-corrected chi connectivity index (χ2v) is 4.91. The standard InChI is InChI=1S/C13H18N2O2/c1-13(2)8-9-4-3-5-10(12(9)17-13)16-7-6-11(14)15/h3-5H,6-8H2,1-2H3,(H3,14,15). The van der Waals surface area contributed by atoms with E-state index in [1.807, 2.05) is 12.1 Å². The Balaban J connectivity index is 2.10. The summed E-state index contributed by atoms with van der Waals surface area (Å²) in [7, 11) is 0. The van der Waals surface area contributed by atoms with Gasteiger partial charge in [0.05, 0.1) is 12.4 Å². The average Bonchev–Trinajstić information content (AvgIpc) is 2.52. The zero-order chi connectivity index (χ0) is 12.5. The summed E-state index contributed by atoms with van der Waals surface area (Å²) >= 11 is 0. The van der Waals surface area contributed by atoms with Crippen molar-refractivity contribution in [2.24, 2.45) is 5.73 Å². The maximum atomic E-state index is 7.14. The summed E-state index contributed by atoms with van der Waals surface area (Å²) in [4.78, 5) is 0. The van der Waals surface area contributed by atoms with Crippen LogP contribution in [0.25, 0.3) is 0 Å². The molecule has 3 N–H and O–H groups in total. The van der Waals surface area contributed by atoms with Crippen molar-refractivity contribution in [1.82, 2.24) is 0 Å². The first-order valence-electron chi connectivity index (χ1n) is 5.74. The molecule has 0 aromatic heterocycles. The molecule has 0 aliphatic carbocycles. The van der Waals surface area contributed by atoms with Gasteiger partial charge in [0.15, 0.2) is 11.5 Å². The lowest BCUT2D eigenvalue weighted by molar-refractivity contribution is 0.132. The van der Waals surface area contributed by atoms with E-state index in [1.165, 1.54) is 5.56 Å². The summed E-state index contributed by atoms with van der Waals surface area (Å²) in [6.07, 6.45) is 1.33. The number of nitrogens with two attached hydrogens (primary N) is 1. The molecule has 0 radical (unpaired) electrons. The largest absolute Gasteiger partial charge is 0.489 e. The van der Waals surface area contributed by atoms with Gasteiger partial charge in [-0.3, -0.25) is 5.41 Å². The third kappa shape index (κ3) is 2.70. The number of benzene rings is 1. The van der Waals surface area contributed by atoms with E-state index in [0.717, 1.165) is 17.9 Å². The molecule has 4 nitrogen and oxygen atoms in total. The Labute approximate surface area is 101 Å². The van der Waals surface area contributed by atoms with E-state index in [4.69, 9.17) is 20.6 Å². The molecular weight excluding hydrogens is 216 g/mol. The zero-order valence-corrected chi connectivity index (χ0v) is 10.2. The fourth-order valence-corrected chi connectivity index (χ4v) is 1.97. The van der Waals surface area contributed by atoms with Gasteiger partial charge in [0, 0.05) is 18.4 Å². The highest BCUT2D eigenvalue weighted by atomic mass is 16.5. The normalized spacial score (nSPS) is 16.1. The molecule has 0 amide bonds. The molecule has 0 bridgehead atoms. The number of para-hydroxylation sites is 1. The highest BCUT2D eigenvalue weighted by Gasteiger charge is 2.32. The van der Waals surface area contributed by atoms with Crippen LogP contribution >= 0.6 is 0 Å². The number of amidine groups is 1. The Kier molecular flexibility index (Phi) is 2.96. The number of rotatable bonds is 4. The Morgan fingerprint density at radius 2 is 2.29 bits per heavy atom. The first-order chi connectivity index (χ1) is 7.98. The summed E-state index contributed by atoms with van der Waals surface area (Å²) in [6.45, 7) is 4.54. The highest BCUT2D eigenvalue weighted by Crippen LogP contribution is 2.41. The highest BCUT2D eigenvalue weighted by molar-refractivity contribution is 5.76. The number of nitrogens with one attached hydrogen (secondary N) is 1. The zero-order valence-electron chi connectivity index (χ0n) is 10.2. The van der Waals surface area contributed by atoms with Crippen molar-refractivity contribution in [2.45, 2.75) is 32.3 Å². The monoisotopic (exact) mass is 234 g/mol. The quantitative estimate of drug-likeness (QED) is 0.619. The summed E-state index contributed by atoms with van der Waals surface area (Å²) in [5.74, 6) is 1.72. The van der Waals surface area contributed by atoms with E-state index in [0.29, 0.717) is 13.0 Å². The predicted octanol–water partition coefficient (Wildman–Crippen LogP) is 2.10. The molecule has 1 aromatic rings. The van der Waals surface area contributed by atoms with Crippen molar-refractivity contribution in [3.8, 4) is 11.5 Å². The van der Waals surface area contributed by atoms with E-state index in [2.05, 4.69) is 19.9 Å². The lowest BCUT2D eigenvalue weighted by Gasteiger charge is -2.18. The maximum Gasteiger partial charge on any atom is 0.165 e. The van der Waals surface area contributed by atoms with Crippen molar-refractivity contribution in [2.75, 3.05) is 6.61 Å². The molecule has 17 heavy (non-hydrogen) atoms. The Morgan fingerprint density at radius 3 is 3.00 bits per heavy atom. The molecule has 0 saturated heterocycles. The van der Waals surface area contributed by atoms with Crippen LogP contribution in [0.1, 0.15) is 25.8 Å². The van der Waals surface area contributed by atoms with E-state index < -0.39 is 0 Å². The second kappa shape index (κ2) is 4.28. The second-order valence-electron chi connectivity index (χ2n) is 4.91. The molecule has 0 spiro atoms. The molecule has 2 rings (SSSR count). The Bertz CT molecular complexity index is 441. The first-order valence-corrected chi connectivity index (χ1v) is 5.74. The van der Waals surface area contributed by atoms with Gasteiger partial charge in [0.1, 0.15) is 5.60 Å². The maximum absolute atomic E-state index is 7.14. The molecule has 0 unspecified atom stereocenters. The first kappa shape index (κ1) is 11.8. The van der Waals surface area contributed by atoms with E-state index in [9.17, 15) is 0 Å². The molecule has 1 aliphatic heterocycles. The predicted molar refractivity (Wildman–Crippen MR) is 66.9 cm³/mol. The molecule has 1 aromatic carbocycles. The number of hydrogen-bond acceptors (Lipinski definition) is 3. The van der Waals surface area contributed by atoms with Gasteiger partial charge in [-0.25, -0.2) is 0 Å². The lowest BCUT2D eigenvalue weighted by Crippen LogP contribution is -2.24. The molecule has 92 valence electrons. The third-order valence-electron chi connectivity index (χ3n) is 2.68. The third-order valence-corrected chi connectivity index (χ3v) is 2.68. The molecule has 0 fully saturated rings. The number of hydrogen-bond donors (Lipinski definition) is 2. The molecule has 0 atom stereocenters. The van der Waals surface area contributed by atoms with Crippen LogP contribution in [0.5, 0.6) is 11.5 Å². The van der Waals surface area contributed by atoms with Crippen molar-refractivity contribution in [3.05, 3.63) is 23.8 Å². The van der Waals surface area contributed by atoms with Gasteiger partial charge >= 0.3 is 0 Å². The fraction of sp³-hybridized carbons (Fsp3) is 0.462. The molecular formula is C13H18N2O2. The van der Waals surface area contributed by atoms with Crippen LogP contribution in [0, 0.1) is 5.41 Å². The van der Waals surface area contributed by atoms with Crippen molar-refractivity contribution in [3.63, 3.8) is 0 Å². The van der Waals surface area contributed by atoms with Gasteiger partial charge in [-0.1, -0.05) is 12.1 Å². The van der Waals surface area contributed by atoms with Crippen molar-refractivity contribution >= 4 is 5.84 Å². The van der Waals surface area contributed by atoms with Gasteiger partial charge in [0.2, 0.25) is 0 Å². The van der Waals surface area contributed by atoms with Crippen LogP contribution < -0.4 is 15.2 Å². The van der Waals surface area contributed by atoms with Crippen LogP contribution in [0.3, 0.4) is 0 Å². The van der Waals surface area contributed by atoms with Gasteiger partial charge in [-0.2, -0.15) is 0 Å². The average molecular weight is 234 g/mol. The van der Waals surface area contributed by atoms with E-state index in [1.54, 1.807) is 0 Å². The van der Waals surface area contributed by atoms with Gasteiger partial charge in [-0.15, -0.1) is 0 Å². The smallest absolute Gasteiger partial charge is 0.165 e. The Morgan fingerprint density at radius 1 is 1.53 bits per heavy atom. The Hall–Kier alpha value is -1.71.